The van der Waals surface area contributed by atoms with E-state index in [1.54, 1.807) is 0 Å². The first-order valence-electron chi connectivity index (χ1n) is 10.9. The Labute approximate surface area is 187 Å². The van der Waals surface area contributed by atoms with Crippen molar-refractivity contribution in [1.82, 2.24) is 15.5 Å². The lowest BCUT2D eigenvalue weighted by Crippen LogP contribution is -2.41. The van der Waals surface area contributed by atoms with Crippen LogP contribution in [0.25, 0.3) is 0 Å². The summed E-state index contributed by atoms with van der Waals surface area (Å²) in [6, 6.07) is 6.25. The van der Waals surface area contributed by atoms with E-state index in [0.717, 1.165) is 61.2 Å². The zero-order valence-corrected chi connectivity index (χ0v) is 19.2. The number of primary amides is 1. The molecule has 1 aromatic carbocycles. The van der Waals surface area contributed by atoms with E-state index in [1.807, 2.05) is 30.0 Å². The molecule has 2 amide bonds. The number of carbonyl (C=O) groups excluding carboxylic acids is 2. The molecular formula is C22H33BrN4O3. The van der Waals surface area contributed by atoms with Crippen LogP contribution in [-0.4, -0.2) is 55.0 Å². The van der Waals surface area contributed by atoms with Crippen LogP contribution in [0.4, 0.5) is 0 Å². The van der Waals surface area contributed by atoms with Crippen molar-refractivity contribution in [3.63, 3.8) is 0 Å². The molecule has 166 valence electrons. The van der Waals surface area contributed by atoms with Crippen LogP contribution in [0.15, 0.2) is 22.7 Å². The van der Waals surface area contributed by atoms with Crippen LogP contribution in [0.5, 0.6) is 5.75 Å². The first-order valence-corrected chi connectivity index (χ1v) is 11.7. The molecule has 2 fully saturated rings. The fourth-order valence-electron chi connectivity index (χ4n) is 4.19. The second kappa shape index (κ2) is 11.1. The molecule has 2 aliphatic rings. The zero-order valence-electron chi connectivity index (χ0n) is 17.7. The molecule has 0 radical (unpaired) electrons. The molecule has 1 aromatic rings. The van der Waals surface area contributed by atoms with Gasteiger partial charge in [0.25, 0.3) is 0 Å². The van der Waals surface area contributed by atoms with Crippen molar-refractivity contribution in [3.8, 4) is 5.75 Å². The van der Waals surface area contributed by atoms with E-state index in [1.165, 1.54) is 0 Å². The lowest BCUT2D eigenvalue weighted by molar-refractivity contribution is -0.135. The molecule has 0 spiro atoms. The van der Waals surface area contributed by atoms with Gasteiger partial charge in [-0.05, 0) is 78.4 Å². The SMILES string of the molecule is C[C@@H](CC(N)=O)CC(=O)N(Cc1ccc(OC2CCNCC2)c(Br)c1)C1CCNC1. The van der Waals surface area contributed by atoms with E-state index in [-0.39, 0.29) is 36.3 Å². The number of nitrogens with one attached hydrogen (secondary N) is 2. The van der Waals surface area contributed by atoms with Gasteiger partial charge in [-0.3, -0.25) is 9.59 Å². The second-order valence-electron chi connectivity index (χ2n) is 8.48. The highest BCUT2D eigenvalue weighted by atomic mass is 79.9. The molecule has 8 heteroatoms. The Balaban J connectivity index is 1.66. The monoisotopic (exact) mass is 480 g/mol. The Morgan fingerprint density at radius 2 is 1.93 bits per heavy atom. The maximum atomic E-state index is 13.0. The zero-order chi connectivity index (χ0) is 21.5. The van der Waals surface area contributed by atoms with Gasteiger partial charge >= 0.3 is 0 Å². The van der Waals surface area contributed by atoms with Crippen molar-refractivity contribution in [3.05, 3.63) is 28.2 Å². The first-order chi connectivity index (χ1) is 14.4. The van der Waals surface area contributed by atoms with E-state index >= 15 is 0 Å². The smallest absolute Gasteiger partial charge is 0.223 e. The van der Waals surface area contributed by atoms with Crippen molar-refractivity contribution in [2.75, 3.05) is 26.2 Å². The van der Waals surface area contributed by atoms with Gasteiger partial charge in [0.15, 0.2) is 0 Å². The summed E-state index contributed by atoms with van der Waals surface area (Å²) in [7, 11) is 0. The molecule has 4 N–H and O–H groups in total. The van der Waals surface area contributed by atoms with Crippen molar-refractivity contribution >= 4 is 27.7 Å². The number of halogens is 1. The molecule has 2 atom stereocenters. The van der Waals surface area contributed by atoms with Gasteiger partial charge in [-0.25, -0.2) is 0 Å². The number of carbonyl (C=O) groups is 2. The van der Waals surface area contributed by atoms with Crippen LogP contribution in [0.1, 0.15) is 44.6 Å². The van der Waals surface area contributed by atoms with Gasteiger partial charge in [-0.15, -0.1) is 0 Å². The third-order valence-electron chi connectivity index (χ3n) is 5.80. The minimum atomic E-state index is -0.363. The van der Waals surface area contributed by atoms with Crippen LogP contribution in [0, 0.1) is 5.92 Å². The third kappa shape index (κ3) is 6.68. The molecule has 0 aliphatic carbocycles. The number of hydrogen-bond donors (Lipinski definition) is 3. The van der Waals surface area contributed by atoms with Gasteiger partial charge in [0, 0.05) is 32.0 Å². The number of rotatable bonds is 9. The lowest BCUT2D eigenvalue weighted by atomic mass is 10.0. The molecule has 0 aromatic heterocycles. The summed E-state index contributed by atoms with van der Waals surface area (Å²) in [5, 5.41) is 6.69. The maximum Gasteiger partial charge on any atom is 0.223 e. The fraction of sp³-hybridized carbons (Fsp3) is 0.636. The Morgan fingerprint density at radius 3 is 2.57 bits per heavy atom. The number of nitrogens with zero attached hydrogens (tertiary/aromatic N) is 1. The Kier molecular flexibility index (Phi) is 8.53. The van der Waals surface area contributed by atoms with Gasteiger partial charge in [0.1, 0.15) is 11.9 Å². The summed E-state index contributed by atoms with van der Waals surface area (Å²) in [4.78, 5) is 26.2. The number of ether oxygens (including phenoxy) is 1. The summed E-state index contributed by atoms with van der Waals surface area (Å²) in [5.41, 5.74) is 6.35. The normalized spacial score (nSPS) is 20.7. The number of benzene rings is 1. The number of nitrogens with two attached hydrogens (primary N) is 1. The summed E-state index contributed by atoms with van der Waals surface area (Å²) < 4.78 is 7.08. The molecule has 2 heterocycles. The lowest BCUT2D eigenvalue weighted by Gasteiger charge is -2.30. The highest BCUT2D eigenvalue weighted by molar-refractivity contribution is 9.10. The van der Waals surface area contributed by atoms with E-state index in [2.05, 4.69) is 26.6 Å². The first kappa shape index (κ1) is 23.0. The standard InChI is InChI=1S/C22H33BrN4O3/c1-15(10-21(24)28)11-22(29)27(17-4-7-26-13-17)14-16-2-3-20(19(23)12-16)30-18-5-8-25-9-6-18/h2-3,12,15,17-18,25-26H,4-11,13-14H2,1H3,(H2,24,28)/t15-,17?/m0/s1. The molecule has 1 unspecified atom stereocenters. The van der Waals surface area contributed by atoms with Gasteiger partial charge in [0.2, 0.25) is 11.8 Å². The minimum Gasteiger partial charge on any atom is -0.489 e. The van der Waals surface area contributed by atoms with Crippen LogP contribution in [0.3, 0.4) is 0 Å². The van der Waals surface area contributed by atoms with Crippen molar-refractivity contribution in [1.29, 1.82) is 0 Å². The summed E-state index contributed by atoms with van der Waals surface area (Å²) >= 11 is 3.64. The molecule has 2 aliphatic heterocycles. The number of hydrogen-bond acceptors (Lipinski definition) is 5. The minimum absolute atomic E-state index is 0.0562. The Morgan fingerprint density at radius 1 is 1.20 bits per heavy atom. The van der Waals surface area contributed by atoms with E-state index in [9.17, 15) is 9.59 Å². The van der Waals surface area contributed by atoms with Gasteiger partial charge in [-0.2, -0.15) is 0 Å². The topological polar surface area (TPSA) is 96.7 Å². The quantitative estimate of drug-likeness (QED) is 0.503. The van der Waals surface area contributed by atoms with Crippen molar-refractivity contribution in [2.24, 2.45) is 11.7 Å². The van der Waals surface area contributed by atoms with Gasteiger partial charge < -0.3 is 26.0 Å². The van der Waals surface area contributed by atoms with Crippen molar-refractivity contribution in [2.45, 2.75) is 57.7 Å². The molecule has 30 heavy (non-hydrogen) atoms. The summed E-state index contributed by atoms with van der Waals surface area (Å²) in [6.45, 7) is 6.13. The average Bonchev–Trinajstić information content (AvgIpc) is 3.22. The van der Waals surface area contributed by atoms with Gasteiger partial charge in [0.05, 0.1) is 4.47 Å². The third-order valence-corrected chi connectivity index (χ3v) is 6.42. The molecule has 2 saturated heterocycles. The van der Waals surface area contributed by atoms with E-state index in [0.29, 0.717) is 13.0 Å². The Hall–Kier alpha value is -1.64. The molecule has 3 rings (SSSR count). The fourth-order valence-corrected chi connectivity index (χ4v) is 4.70. The maximum absolute atomic E-state index is 13.0. The number of piperidine rings is 1. The van der Waals surface area contributed by atoms with E-state index < -0.39 is 0 Å². The van der Waals surface area contributed by atoms with Crippen LogP contribution in [-0.2, 0) is 16.1 Å². The molecule has 0 bridgehead atoms. The summed E-state index contributed by atoms with van der Waals surface area (Å²) in [5.74, 6) is 0.502. The molecule has 7 nitrogen and oxygen atoms in total. The average molecular weight is 481 g/mol. The second-order valence-corrected chi connectivity index (χ2v) is 9.33. The van der Waals surface area contributed by atoms with Crippen LogP contribution >= 0.6 is 15.9 Å². The van der Waals surface area contributed by atoms with Gasteiger partial charge in [-0.1, -0.05) is 13.0 Å². The largest absolute Gasteiger partial charge is 0.489 e. The predicted octanol–water partition coefficient (Wildman–Crippen LogP) is 2.17. The molecular weight excluding hydrogens is 448 g/mol. The number of amides is 2. The molecule has 0 saturated carbocycles. The van der Waals surface area contributed by atoms with Crippen LogP contribution < -0.4 is 21.1 Å². The highest BCUT2D eigenvalue weighted by Gasteiger charge is 2.28. The Bertz CT molecular complexity index is 733. The highest BCUT2D eigenvalue weighted by Crippen LogP contribution is 2.29. The predicted molar refractivity (Wildman–Crippen MR) is 120 cm³/mol. The summed E-state index contributed by atoms with van der Waals surface area (Å²) in [6.07, 6.45) is 3.76. The van der Waals surface area contributed by atoms with E-state index in [4.69, 9.17) is 10.5 Å². The van der Waals surface area contributed by atoms with Crippen LogP contribution in [0.2, 0.25) is 0 Å². The van der Waals surface area contributed by atoms with Crippen molar-refractivity contribution < 1.29 is 14.3 Å².